The standard InChI is InChI=1S/C68H44N2/c1-4-19-45(20-5-1)46-35-37-49(38-36-46)69(50-39-41-55-54-27-10-14-30-58(54)67(62(55)43-50,47-21-6-2-7-22-47)48-23-8-3-9-24-48)51-40-42-65-63(44-51)68(59-31-15-11-25-52(59)53-26-12-16-32-60(53)68)61-33-18-29-57-56-28-13-17-34-64(56)70(65)66(57)61/h1-44H. The minimum absolute atomic E-state index is 0.547. The average Bonchev–Trinajstić information content (AvgIpc) is 4.04. The molecule has 11 aromatic carbocycles. The van der Waals surface area contributed by atoms with E-state index in [4.69, 9.17) is 0 Å². The molecule has 1 aliphatic heterocycles. The molecular weight excluding hydrogens is 845 g/mol. The van der Waals surface area contributed by atoms with Crippen molar-refractivity contribution in [3.05, 3.63) is 311 Å². The van der Waals surface area contributed by atoms with Crippen molar-refractivity contribution in [1.29, 1.82) is 0 Å². The number of fused-ring (bicyclic) bond motifs is 15. The first kappa shape index (κ1) is 39.1. The molecule has 0 radical (unpaired) electrons. The Labute approximate surface area is 407 Å². The molecule has 0 saturated carbocycles. The highest BCUT2D eigenvalue weighted by Gasteiger charge is 2.51. The summed E-state index contributed by atoms with van der Waals surface area (Å²) in [4.78, 5) is 2.50. The quantitative estimate of drug-likeness (QED) is 0.161. The summed E-state index contributed by atoms with van der Waals surface area (Å²) in [7, 11) is 0. The van der Waals surface area contributed by atoms with Crippen LogP contribution in [0.15, 0.2) is 267 Å². The van der Waals surface area contributed by atoms with Crippen LogP contribution in [0.3, 0.4) is 0 Å². The third-order valence-electron chi connectivity index (χ3n) is 15.9. The Bertz CT molecular complexity index is 3970. The van der Waals surface area contributed by atoms with E-state index in [9.17, 15) is 0 Å². The fraction of sp³-hybridized carbons (Fsp3) is 0.0294. The van der Waals surface area contributed by atoms with Gasteiger partial charge in [0.15, 0.2) is 0 Å². The van der Waals surface area contributed by atoms with Crippen molar-refractivity contribution in [2.75, 3.05) is 4.90 Å². The number of para-hydroxylation sites is 2. The summed E-state index contributed by atoms with van der Waals surface area (Å²) in [6.07, 6.45) is 0. The molecule has 12 aromatic rings. The first-order valence-electron chi connectivity index (χ1n) is 24.4. The monoisotopic (exact) mass is 888 g/mol. The molecular formula is C68H44N2. The van der Waals surface area contributed by atoms with Gasteiger partial charge in [-0.25, -0.2) is 0 Å². The van der Waals surface area contributed by atoms with E-state index in [1.807, 2.05) is 0 Å². The molecule has 326 valence electrons. The first-order chi connectivity index (χ1) is 34.7. The van der Waals surface area contributed by atoms with Crippen molar-refractivity contribution in [3.63, 3.8) is 0 Å². The Morgan fingerprint density at radius 2 is 0.743 bits per heavy atom. The molecule has 0 amide bonds. The molecule has 15 rings (SSSR count). The van der Waals surface area contributed by atoms with Gasteiger partial charge in [-0.05, 0) is 126 Å². The smallest absolute Gasteiger partial charge is 0.0755 e. The van der Waals surface area contributed by atoms with Crippen molar-refractivity contribution in [2.45, 2.75) is 10.8 Å². The Morgan fingerprint density at radius 3 is 1.39 bits per heavy atom. The molecule has 1 spiro atoms. The number of rotatable bonds is 6. The zero-order valence-electron chi connectivity index (χ0n) is 38.3. The highest BCUT2D eigenvalue weighted by molar-refractivity contribution is 6.13. The molecule has 2 nitrogen and oxygen atoms in total. The lowest BCUT2D eigenvalue weighted by molar-refractivity contribution is 0.748. The summed E-state index contributed by atoms with van der Waals surface area (Å²) < 4.78 is 2.55. The van der Waals surface area contributed by atoms with Crippen LogP contribution in [0.1, 0.15) is 44.5 Å². The minimum Gasteiger partial charge on any atom is -0.310 e. The molecule has 70 heavy (non-hydrogen) atoms. The molecule has 0 atom stereocenters. The molecule has 2 aliphatic carbocycles. The second-order valence-electron chi connectivity index (χ2n) is 19.1. The van der Waals surface area contributed by atoms with Crippen LogP contribution < -0.4 is 4.90 Å². The summed E-state index contributed by atoms with van der Waals surface area (Å²) in [5.74, 6) is 0. The maximum Gasteiger partial charge on any atom is 0.0755 e. The van der Waals surface area contributed by atoms with Crippen molar-refractivity contribution in [3.8, 4) is 39.1 Å². The van der Waals surface area contributed by atoms with E-state index in [-0.39, 0.29) is 0 Å². The van der Waals surface area contributed by atoms with Gasteiger partial charge in [-0.15, -0.1) is 0 Å². The van der Waals surface area contributed by atoms with E-state index in [2.05, 4.69) is 276 Å². The molecule has 0 unspecified atom stereocenters. The Balaban J connectivity index is 1.03. The first-order valence-corrected chi connectivity index (χ1v) is 24.4. The van der Waals surface area contributed by atoms with Crippen molar-refractivity contribution >= 4 is 38.9 Å². The maximum atomic E-state index is 2.55. The van der Waals surface area contributed by atoms with Gasteiger partial charge in [-0.2, -0.15) is 0 Å². The van der Waals surface area contributed by atoms with Crippen molar-refractivity contribution in [2.24, 2.45) is 0 Å². The van der Waals surface area contributed by atoms with Crippen LogP contribution in [0.5, 0.6) is 0 Å². The molecule has 0 bridgehead atoms. The fourth-order valence-corrected chi connectivity index (χ4v) is 13.1. The van der Waals surface area contributed by atoms with Gasteiger partial charge in [0.2, 0.25) is 0 Å². The maximum absolute atomic E-state index is 2.55. The van der Waals surface area contributed by atoms with Gasteiger partial charge in [0.1, 0.15) is 0 Å². The third-order valence-corrected chi connectivity index (χ3v) is 15.9. The summed E-state index contributed by atoms with van der Waals surface area (Å²) in [5.41, 5.74) is 23.7. The average molecular weight is 889 g/mol. The van der Waals surface area contributed by atoms with Crippen LogP contribution in [0.4, 0.5) is 17.1 Å². The summed E-state index contributed by atoms with van der Waals surface area (Å²) in [5, 5.41) is 2.55. The molecule has 0 saturated heterocycles. The van der Waals surface area contributed by atoms with Crippen LogP contribution in [0, 0.1) is 0 Å². The van der Waals surface area contributed by atoms with E-state index >= 15 is 0 Å². The van der Waals surface area contributed by atoms with Crippen LogP contribution in [0.2, 0.25) is 0 Å². The highest BCUT2D eigenvalue weighted by Crippen LogP contribution is 2.62. The molecule has 2 heteroatoms. The topological polar surface area (TPSA) is 8.17 Å². The lowest BCUT2D eigenvalue weighted by atomic mass is 9.65. The van der Waals surface area contributed by atoms with E-state index in [0.29, 0.717) is 0 Å². The van der Waals surface area contributed by atoms with Crippen LogP contribution >= 0.6 is 0 Å². The summed E-state index contributed by atoms with van der Waals surface area (Å²) in [6, 6.07) is 99.9. The summed E-state index contributed by atoms with van der Waals surface area (Å²) in [6.45, 7) is 0. The van der Waals surface area contributed by atoms with Crippen molar-refractivity contribution < 1.29 is 0 Å². The predicted octanol–water partition coefficient (Wildman–Crippen LogP) is 17.0. The number of nitrogens with zero attached hydrogens (tertiary/aromatic N) is 2. The minimum atomic E-state index is -0.583. The van der Waals surface area contributed by atoms with Gasteiger partial charge in [0, 0.05) is 27.8 Å². The number of hydrogen-bond acceptors (Lipinski definition) is 1. The van der Waals surface area contributed by atoms with E-state index in [0.717, 1.165) is 17.1 Å². The summed E-state index contributed by atoms with van der Waals surface area (Å²) >= 11 is 0. The number of anilines is 3. The Kier molecular flexibility index (Phi) is 8.24. The second-order valence-corrected chi connectivity index (χ2v) is 19.1. The van der Waals surface area contributed by atoms with Gasteiger partial charge in [-0.3, -0.25) is 0 Å². The largest absolute Gasteiger partial charge is 0.310 e. The second kappa shape index (κ2) is 14.8. The SMILES string of the molecule is c1ccc(-c2ccc(N(c3ccc4c(c3)C(c3ccccc3)(c3ccccc3)c3ccccc3-4)c3ccc4c(c3)C3(c5ccccc5-c5ccccc53)c3cccc5c6ccccc6n-4c35)cc2)cc1. The van der Waals surface area contributed by atoms with Gasteiger partial charge < -0.3 is 9.47 Å². The molecule has 0 fully saturated rings. The Morgan fingerprint density at radius 1 is 0.286 bits per heavy atom. The molecule has 2 heterocycles. The van der Waals surface area contributed by atoms with Crippen LogP contribution in [-0.4, -0.2) is 4.57 Å². The number of hydrogen-bond donors (Lipinski definition) is 0. The zero-order valence-corrected chi connectivity index (χ0v) is 38.3. The molecule has 1 aromatic heterocycles. The van der Waals surface area contributed by atoms with Crippen molar-refractivity contribution in [1.82, 2.24) is 4.57 Å². The van der Waals surface area contributed by atoms with Gasteiger partial charge in [0.05, 0.1) is 27.6 Å². The molecule has 0 N–H and O–H groups in total. The van der Waals surface area contributed by atoms with E-state index < -0.39 is 10.8 Å². The third kappa shape index (κ3) is 5.12. The Hall–Kier alpha value is -8.98. The van der Waals surface area contributed by atoms with E-state index in [1.54, 1.807) is 0 Å². The number of aromatic nitrogens is 1. The van der Waals surface area contributed by atoms with Gasteiger partial charge >= 0.3 is 0 Å². The normalized spacial score (nSPS) is 13.9. The number of benzene rings is 11. The lowest BCUT2D eigenvalue weighted by Gasteiger charge is -2.40. The fourth-order valence-electron chi connectivity index (χ4n) is 13.1. The van der Waals surface area contributed by atoms with Crippen LogP contribution in [0.25, 0.3) is 60.9 Å². The van der Waals surface area contributed by atoms with Gasteiger partial charge in [-0.1, -0.05) is 218 Å². The zero-order chi connectivity index (χ0) is 46.0. The highest BCUT2D eigenvalue weighted by atomic mass is 15.1. The van der Waals surface area contributed by atoms with Crippen LogP contribution in [-0.2, 0) is 10.8 Å². The molecule has 3 aliphatic rings. The van der Waals surface area contributed by atoms with E-state index in [1.165, 1.54) is 105 Å². The lowest BCUT2D eigenvalue weighted by Crippen LogP contribution is -2.33. The van der Waals surface area contributed by atoms with Gasteiger partial charge in [0.25, 0.3) is 0 Å². The predicted molar refractivity (Wildman–Crippen MR) is 289 cm³/mol.